The molecule has 0 spiro atoms. The molecule has 0 saturated carbocycles. The Bertz CT molecular complexity index is 266. The first-order valence-corrected chi connectivity index (χ1v) is 16.2. The molecule has 0 atom stereocenters. The molecule has 0 unspecified atom stereocenters. The molecule has 3 heteroatoms. The maximum absolute atomic E-state index is 6.99. The number of unbranched alkanes of at least 4 members (excludes halogenated alkanes) is 18. The second kappa shape index (κ2) is 28.8. The lowest BCUT2D eigenvalue weighted by Crippen LogP contribution is -2.39. The third-order valence-electron chi connectivity index (χ3n) is 6.83. The maximum atomic E-state index is 6.99. The van der Waals surface area contributed by atoms with E-state index >= 15 is 0 Å². The van der Waals surface area contributed by atoms with Gasteiger partial charge in [-0.1, -0.05) is 156 Å². The van der Waals surface area contributed by atoms with E-state index in [9.17, 15) is 0 Å². The van der Waals surface area contributed by atoms with Crippen LogP contribution < -0.4 is 5.73 Å². The normalized spacial score (nSPS) is 11.4. The molecule has 0 saturated heterocycles. The molecule has 31 heavy (non-hydrogen) atoms. The van der Waals surface area contributed by atoms with E-state index in [1.807, 2.05) is 0 Å². The van der Waals surface area contributed by atoms with Crippen LogP contribution in [0.1, 0.15) is 175 Å². The van der Waals surface area contributed by atoms with Gasteiger partial charge in [-0.05, 0) is 29.4 Å². The monoisotopic (exact) mass is 523 g/mol. The number of hydrogen-bond donors (Lipinski definition) is 1. The summed E-state index contributed by atoms with van der Waals surface area (Å²) in [6, 6.07) is 0. The van der Waals surface area contributed by atoms with Gasteiger partial charge in [-0.25, -0.2) is 0 Å². The summed E-state index contributed by atoms with van der Waals surface area (Å²) in [4.78, 5) is 0. The number of halogens is 2. The first-order chi connectivity index (χ1) is 15.2. The second-order valence-electron chi connectivity index (χ2n) is 9.98. The highest BCUT2D eigenvalue weighted by atomic mass is 79.9. The van der Waals surface area contributed by atoms with Crippen LogP contribution in [-0.4, -0.2) is 5.54 Å². The SMILES string of the molecule is CCCCCCCCCC(N)(CCCCCCCCC)CCCCCCCCC.ClBr. The van der Waals surface area contributed by atoms with Crippen LogP contribution in [0.3, 0.4) is 0 Å². The Morgan fingerprint density at radius 3 is 0.839 bits per heavy atom. The van der Waals surface area contributed by atoms with E-state index in [1.165, 1.54) is 154 Å². The molecule has 0 aliphatic heterocycles. The molecule has 0 aliphatic rings. The molecule has 0 rings (SSSR count). The molecule has 0 amide bonds. The van der Waals surface area contributed by atoms with Crippen molar-refractivity contribution >= 4 is 25.1 Å². The average molecular weight is 525 g/mol. The van der Waals surface area contributed by atoms with Gasteiger partial charge in [0.1, 0.15) is 0 Å². The lowest BCUT2D eigenvalue weighted by Gasteiger charge is -2.30. The van der Waals surface area contributed by atoms with Gasteiger partial charge in [-0.3, -0.25) is 0 Å². The zero-order chi connectivity index (χ0) is 23.5. The highest BCUT2D eigenvalue weighted by Gasteiger charge is 2.23. The van der Waals surface area contributed by atoms with Crippen LogP contribution in [0.4, 0.5) is 0 Å². The van der Waals surface area contributed by atoms with Gasteiger partial charge in [-0.2, -0.15) is 0 Å². The molecule has 0 aromatic rings. The van der Waals surface area contributed by atoms with Gasteiger partial charge in [0.2, 0.25) is 0 Å². The molecule has 0 aliphatic carbocycles. The van der Waals surface area contributed by atoms with Crippen LogP contribution >= 0.6 is 25.1 Å². The molecule has 0 aromatic carbocycles. The van der Waals surface area contributed by atoms with Crippen LogP contribution in [0.15, 0.2) is 0 Å². The standard InChI is InChI=1S/C28H59N.BrCl/c1-4-7-10-13-16-19-22-25-28(29,26-23-20-17-14-11-8-5-2)27-24-21-18-15-12-9-6-3;1-2/h4-27,29H2,1-3H3;. The third kappa shape index (κ3) is 26.9. The van der Waals surface area contributed by atoms with E-state index in [0.29, 0.717) is 0 Å². The van der Waals surface area contributed by atoms with Crippen molar-refractivity contribution in [2.45, 2.75) is 180 Å². The van der Waals surface area contributed by atoms with E-state index < -0.39 is 0 Å². The first-order valence-electron chi connectivity index (χ1n) is 14.1. The van der Waals surface area contributed by atoms with Crippen LogP contribution in [0, 0.1) is 0 Å². The van der Waals surface area contributed by atoms with Gasteiger partial charge < -0.3 is 5.73 Å². The zero-order valence-electron chi connectivity index (χ0n) is 21.8. The van der Waals surface area contributed by atoms with Gasteiger partial charge in [0.25, 0.3) is 0 Å². The van der Waals surface area contributed by atoms with Crippen molar-refractivity contribution in [3.8, 4) is 0 Å². The summed E-state index contributed by atoms with van der Waals surface area (Å²) in [5, 5.41) is 0. The molecule has 0 radical (unpaired) electrons. The molecular weight excluding hydrogens is 466 g/mol. The van der Waals surface area contributed by atoms with Crippen molar-refractivity contribution in [1.82, 2.24) is 0 Å². The summed E-state index contributed by atoms with van der Waals surface area (Å²) in [6.45, 7) is 6.91. The largest absolute Gasteiger partial charge is 0.325 e. The van der Waals surface area contributed by atoms with Gasteiger partial charge in [0.15, 0.2) is 0 Å². The molecular formula is C28H59BrClN. The average Bonchev–Trinajstić information content (AvgIpc) is 2.79. The van der Waals surface area contributed by atoms with Crippen molar-refractivity contribution in [1.29, 1.82) is 0 Å². The Morgan fingerprint density at radius 2 is 0.613 bits per heavy atom. The Balaban J connectivity index is 0. The smallest absolute Gasteiger partial charge is 0.0341 e. The zero-order valence-corrected chi connectivity index (χ0v) is 24.1. The van der Waals surface area contributed by atoms with Crippen LogP contribution in [-0.2, 0) is 0 Å². The fourth-order valence-electron chi connectivity index (χ4n) is 4.68. The topological polar surface area (TPSA) is 26.0 Å². The van der Waals surface area contributed by atoms with Crippen molar-refractivity contribution in [3.63, 3.8) is 0 Å². The van der Waals surface area contributed by atoms with Gasteiger partial charge >= 0.3 is 0 Å². The minimum Gasteiger partial charge on any atom is -0.325 e. The molecule has 0 bridgehead atoms. The predicted molar refractivity (Wildman–Crippen MR) is 150 cm³/mol. The second-order valence-corrected chi connectivity index (χ2v) is 9.98. The fourth-order valence-corrected chi connectivity index (χ4v) is 4.68. The Labute approximate surface area is 210 Å². The lowest BCUT2D eigenvalue weighted by molar-refractivity contribution is 0.302. The first kappa shape index (κ1) is 33.9. The van der Waals surface area contributed by atoms with Crippen molar-refractivity contribution in [2.24, 2.45) is 5.73 Å². The number of nitrogens with two attached hydrogens (primary N) is 1. The predicted octanol–water partition coefficient (Wildman–Crippen LogP) is 11.6. The van der Waals surface area contributed by atoms with E-state index in [1.54, 1.807) is 0 Å². The van der Waals surface area contributed by atoms with Crippen molar-refractivity contribution < 1.29 is 0 Å². The molecule has 190 valence electrons. The number of rotatable bonds is 24. The highest BCUT2D eigenvalue weighted by molar-refractivity contribution is 9.22. The van der Waals surface area contributed by atoms with E-state index in [-0.39, 0.29) is 5.54 Å². The quantitative estimate of drug-likeness (QED) is 0.125. The maximum Gasteiger partial charge on any atom is 0.0341 e. The van der Waals surface area contributed by atoms with E-state index in [4.69, 9.17) is 5.73 Å². The van der Waals surface area contributed by atoms with Crippen molar-refractivity contribution in [3.05, 3.63) is 0 Å². The van der Waals surface area contributed by atoms with Crippen LogP contribution in [0.2, 0.25) is 0 Å². The highest BCUT2D eigenvalue weighted by Crippen LogP contribution is 2.27. The summed E-state index contributed by atoms with van der Waals surface area (Å²) in [7, 11) is 4.45. The molecule has 2 N–H and O–H groups in total. The molecule has 1 nitrogen and oxygen atoms in total. The lowest BCUT2D eigenvalue weighted by atomic mass is 9.82. The Kier molecular flexibility index (Phi) is 31.5. The molecule has 0 aromatic heterocycles. The molecule has 0 fully saturated rings. The summed E-state index contributed by atoms with van der Waals surface area (Å²) >= 11 is 2.41. The summed E-state index contributed by atoms with van der Waals surface area (Å²) < 4.78 is 0. The minimum atomic E-state index is 0.135. The van der Waals surface area contributed by atoms with E-state index in [2.05, 4.69) is 45.9 Å². The van der Waals surface area contributed by atoms with Crippen molar-refractivity contribution in [2.75, 3.05) is 0 Å². The molecule has 0 heterocycles. The van der Waals surface area contributed by atoms with Gasteiger partial charge in [0.05, 0.1) is 0 Å². The van der Waals surface area contributed by atoms with Gasteiger partial charge in [0, 0.05) is 20.6 Å². The minimum absolute atomic E-state index is 0.135. The third-order valence-corrected chi connectivity index (χ3v) is 6.83. The van der Waals surface area contributed by atoms with Gasteiger partial charge in [-0.15, -0.1) is 0 Å². The Hall–Kier alpha value is 0.730. The fraction of sp³-hybridized carbons (Fsp3) is 1.00. The Morgan fingerprint density at radius 1 is 0.419 bits per heavy atom. The summed E-state index contributed by atoms with van der Waals surface area (Å²) in [5.74, 6) is 0. The van der Waals surface area contributed by atoms with Crippen LogP contribution in [0.5, 0.6) is 0 Å². The summed E-state index contributed by atoms with van der Waals surface area (Å²) in [5.41, 5.74) is 7.12. The summed E-state index contributed by atoms with van der Waals surface area (Å²) in [6.07, 6.45) is 33.2. The van der Waals surface area contributed by atoms with Crippen LogP contribution in [0.25, 0.3) is 0 Å². The number of hydrogen-bond acceptors (Lipinski definition) is 1. The van der Waals surface area contributed by atoms with E-state index in [0.717, 1.165) is 0 Å².